The molecule has 0 saturated carbocycles. The molecule has 188 valence electrons. The van der Waals surface area contributed by atoms with E-state index in [4.69, 9.17) is 4.98 Å². The lowest BCUT2D eigenvalue weighted by atomic mass is 9.97. The summed E-state index contributed by atoms with van der Waals surface area (Å²) in [4.78, 5) is 17.1. The van der Waals surface area contributed by atoms with Crippen LogP contribution in [-0.4, -0.2) is 22.0 Å². The maximum atomic E-state index is 12.1. The van der Waals surface area contributed by atoms with Gasteiger partial charge < -0.3 is 9.88 Å². The van der Waals surface area contributed by atoms with Crippen molar-refractivity contribution in [3.8, 4) is 0 Å². The van der Waals surface area contributed by atoms with Gasteiger partial charge in [-0.25, -0.2) is 4.98 Å². The van der Waals surface area contributed by atoms with Crippen molar-refractivity contribution in [1.29, 1.82) is 0 Å². The van der Waals surface area contributed by atoms with Crippen molar-refractivity contribution in [1.82, 2.24) is 14.9 Å². The summed E-state index contributed by atoms with van der Waals surface area (Å²) in [6, 6.07) is 27.7. The molecule has 0 aliphatic carbocycles. The fourth-order valence-electron chi connectivity index (χ4n) is 4.67. The van der Waals surface area contributed by atoms with Gasteiger partial charge in [0.25, 0.3) is 0 Å². The highest BCUT2D eigenvalue weighted by Crippen LogP contribution is 2.22. The van der Waals surface area contributed by atoms with Gasteiger partial charge in [-0.1, -0.05) is 87.0 Å². The van der Waals surface area contributed by atoms with Crippen molar-refractivity contribution in [3.63, 3.8) is 0 Å². The van der Waals surface area contributed by atoms with Crippen LogP contribution in [0.3, 0.4) is 0 Å². The van der Waals surface area contributed by atoms with Crippen LogP contribution in [0.5, 0.6) is 0 Å². The molecule has 0 aliphatic heterocycles. The van der Waals surface area contributed by atoms with Crippen molar-refractivity contribution < 1.29 is 4.79 Å². The Morgan fingerprint density at radius 1 is 0.861 bits per heavy atom. The zero-order valence-corrected chi connectivity index (χ0v) is 21.7. The molecule has 0 spiro atoms. The number of carbonyl (C=O) groups excluding carboxylic acids is 1. The second-order valence-corrected chi connectivity index (χ2v) is 9.80. The molecule has 3 aromatic carbocycles. The number of fused-ring (bicyclic) bond motifs is 1. The summed E-state index contributed by atoms with van der Waals surface area (Å²) in [5, 5.41) is 3.07. The minimum Gasteiger partial charge on any atom is -0.356 e. The zero-order chi connectivity index (χ0) is 25.2. The Morgan fingerprint density at radius 2 is 1.61 bits per heavy atom. The number of hydrogen-bond donors (Lipinski definition) is 1. The molecule has 0 bridgehead atoms. The first kappa shape index (κ1) is 25.7. The summed E-state index contributed by atoms with van der Waals surface area (Å²) in [5.41, 5.74) is 6.19. The maximum absolute atomic E-state index is 12.1. The molecule has 1 N–H and O–H groups in total. The quantitative estimate of drug-likeness (QED) is 0.208. The number of para-hydroxylation sites is 2. The zero-order valence-electron chi connectivity index (χ0n) is 21.7. The average molecular weight is 482 g/mol. The van der Waals surface area contributed by atoms with Crippen LogP contribution in [0.1, 0.15) is 74.4 Å². The van der Waals surface area contributed by atoms with Crippen LogP contribution in [0.15, 0.2) is 78.9 Å². The molecule has 1 amide bonds. The molecule has 4 rings (SSSR count). The molecule has 1 heterocycles. The normalized spacial score (nSPS) is 12.1. The van der Waals surface area contributed by atoms with E-state index in [9.17, 15) is 4.79 Å². The smallest absolute Gasteiger partial charge is 0.220 e. The predicted molar refractivity (Wildman–Crippen MR) is 149 cm³/mol. The molecule has 0 saturated heterocycles. The number of unbranched alkanes of at least 4 members (excludes halogenated alkanes) is 2. The fraction of sp³-hybridized carbons (Fsp3) is 0.375. The molecule has 4 nitrogen and oxygen atoms in total. The van der Waals surface area contributed by atoms with Gasteiger partial charge in [-0.3, -0.25) is 4.79 Å². The van der Waals surface area contributed by atoms with Gasteiger partial charge in [-0.05, 0) is 60.4 Å². The van der Waals surface area contributed by atoms with Gasteiger partial charge >= 0.3 is 0 Å². The number of carbonyl (C=O) groups is 1. The molecule has 4 aromatic rings. The summed E-state index contributed by atoms with van der Waals surface area (Å²) in [6.07, 6.45) is 6.58. The van der Waals surface area contributed by atoms with Crippen molar-refractivity contribution >= 4 is 16.9 Å². The molecule has 4 heteroatoms. The minimum atomic E-state index is 0.139. The highest BCUT2D eigenvalue weighted by atomic mass is 16.1. The number of imidazole rings is 1. The molecule has 1 unspecified atom stereocenters. The van der Waals surface area contributed by atoms with Crippen LogP contribution in [0.25, 0.3) is 11.0 Å². The molecule has 1 aromatic heterocycles. The third-order valence-corrected chi connectivity index (χ3v) is 7.12. The summed E-state index contributed by atoms with van der Waals surface area (Å²) < 4.78 is 2.37. The number of nitrogens with zero attached hydrogens (tertiary/aromatic N) is 2. The largest absolute Gasteiger partial charge is 0.356 e. The Bertz CT molecular complexity index is 1230. The van der Waals surface area contributed by atoms with E-state index in [1.807, 2.05) is 18.2 Å². The van der Waals surface area contributed by atoms with Crippen LogP contribution in [0.2, 0.25) is 0 Å². The van der Waals surface area contributed by atoms with Crippen LogP contribution < -0.4 is 5.32 Å². The SMILES string of the molecule is CCC(C)c1ccc(Cn2c(CCCCCNC(=O)CCc3ccccc3)nc3ccccc32)cc1. The molecule has 36 heavy (non-hydrogen) atoms. The molecule has 0 fully saturated rings. The summed E-state index contributed by atoms with van der Waals surface area (Å²) in [5.74, 6) is 1.88. The van der Waals surface area contributed by atoms with E-state index in [-0.39, 0.29) is 5.91 Å². The highest BCUT2D eigenvalue weighted by molar-refractivity contribution is 5.76. The molecule has 0 aliphatic rings. The summed E-state index contributed by atoms with van der Waals surface area (Å²) in [6.45, 7) is 6.11. The van der Waals surface area contributed by atoms with Crippen molar-refractivity contribution in [2.45, 2.75) is 71.3 Å². The monoisotopic (exact) mass is 481 g/mol. The Hall–Kier alpha value is -3.40. The number of aryl methyl sites for hydroxylation is 2. The highest BCUT2D eigenvalue weighted by Gasteiger charge is 2.11. The number of nitrogens with one attached hydrogen (secondary N) is 1. The standard InChI is InChI=1S/C32H39N3O/c1-3-25(2)28-20-17-27(18-21-28)24-35-30-15-10-9-14-29(30)34-31(35)16-8-5-11-23-33-32(36)22-19-26-12-6-4-7-13-26/h4,6-7,9-10,12-15,17-18,20-21,25H,3,5,8,11,16,19,22-24H2,1-2H3,(H,33,36). The fourth-order valence-corrected chi connectivity index (χ4v) is 4.67. The number of amides is 1. The van der Waals surface area contributed by atoms with E-state index in [1.165, 1.54) is 22.2 Å². The van der Waals surface area contributed by atoms with E-state index < -0.39 is 0 Å². The van der Waals surface area contributed by atoms with Crippen LogP contribution in [0, 0.1) is 0 Å². The Morgan fingerprint density at radius 3 is 2.39 bits per heavy atom. The van der Waals surface area contributed by atoms with Gasteiger partial charge in [0.15, 0.2) is 0 Å². The van der Waals surface area contributed by atoms with Gasteiger partial charge in [0.05, 0.1) is 11.0 Å². The number of hydrogen-bond acceptors (Lipinski definition) is 2. The number of aromatic nitrogens is 2. The average Bonchev–Trinajstić information content (AvgIpc) is 3.27. The number of benzene rings is 3. The third kappa shape index (κ3) is 7.07. The van der Waals surface area contributed by atoms with Gasteiger partial charge in [-0.2, -0.15) is 0 Å². The lowest BCUT2D eigenvalue weighted by Gasteiger charge is -2.12. The Kier molecular flexibility index (Phi) is 9.32. The second kappa shape index (κ2) is 13.1. The van der Waals surface area contributed by atoms with Crippen LogP contribution >= 0.6 is 0 Å². The molecular weight excluding hydrogens is 442 g/mol. The first-order chi connectivity index (χ1) is 17.6. The lowest BCUT2D eigenvalue weighted by Crippen LogP contribution is -2.24. The van der Waals surface area contributed by atoms with E-state index in [1.54, 1.807) is 0 Å². The van der Waals surface area contributed by atoms with E-state index in [2.05, 4.69) is 84.4 Å². The second-order valence-electron chi connectivity index (χ2n) is 9.80. The predicted octanol–water partition coefficient (Wildman–Crippen LogP) is 7.06. The number of rotatable bonds is 13. The lowest BCUT2D eigenvalue weighted by molar-refractivity contribution is -0.121. The first-order valence-electron chi connectivity index (χ1n) is 13.5. The topological polar surface area (TPSA) is 46.9 Å². The van der Waals surface area contributed by atoms with Crippen LogP contribution in [0.4, 0.5) is 0 Å². The van der Waals surface area contributed by atoms with Gasteiger partial charge in [0.1, 0.15) is 5.82 Å². The van der Waals surface area contributed by atoms with E-state index in [0.717, 1.165) is 63.0 Å². The Balaban J connectivity index is 1.27. The summed E-state index contributed by atoms with van der Waals surface area (Å²) in [7, 11) is 0. The van der Waals surface area contributed by atoms with Crippen molar-refractivity contribution in [2.75, 3.05) is 6.54 Å². The van der Waals surface area contributed by atoms with Gasteiger partial charge in [0, 0.05) is 25.9 Å². The third-order valence-electron chi connectivity index (χ3n) is 7.12. The first-order valence-corrected chi connectivity index (χ1v) is 13.5. The van der Waals surface area contributed by atoms with Gasteiger partial charge in [-0.15, -0.1) is 0 Å². The van der Waals surface area contributed by atoms with Crippen molar-refractivity contribution in [3.05, 3.63) is 101 Å². The Labute approximate surface area is 215 Å². The molecule has 1 atom stereocenters. The maximum Gasteiger partial charge on any atom is 0.220 e. The van der Waals surface area contributed by atoms with Crippen LogP contribution in [-0.2, 0) is 24.2 Å². The van der Waals surface area contributed by atoms with E-state index >= 15 is 0 Å². The van der Waals surface area contributed by atoms with Crippen molar-refractivity contribution in [2.24, 2.45) is 0 Å². The summed E-state index contributed by atoms with van der Waals surface area (Å²) >= 11 is 0. The van der Waals surface area contributed by atoms with E-state index in [0.29, 0.717) is 12.3 Å². The van der Waals surface area contributed by atoms with Gasteiger partial charge in [0.2, 0.25) is 5.91 Å². The molecular formula is C32H39N3O. The molecule has 0 radical (unpaired) electrons. The minimum absolute atomic E-state index is 0.139.